The molecule has 0 saturated heterocycles. The third-order valence-corrected chi connectivity index (χ3v) is 3.35. The van der Waals surface area contributed by atoms with E-state index in [9.17, 15) is 4.79 Å². The monoisotopic (exact) mass is 238 g/mol. The standard InChI is InChI=1S/C12H22N4O/c1-5-8(2)11(13)12(17)14-6-10-7-15-16(4)9(10)3/h7-8,11H,5-6,13H2,1-4H3,(H,14,17)/t8?,11-/m0/s1. The first-order valence-electron chi connectivity index (χ1n) is 5.98. The van der Waals surface area contributed by atoms with Crippen molar-refractivity contribution in [2.24, 2.45) is 18.7 Å². The Balaban J connectivity index is 2.51. The highest BCUT2D eigenvalue weighted by atomic mass is 16.2. The maximum Gasteiger partial charge on any atom is 0.237 e. The van der Waals surface area contributed by atoms with Crippen molar-refractivity contribution in [3.63, 3.8) is 0 Å². The lowest BCUT2D eigenvalue weighted by Gasteiger charge is -2.17. The maximum atomic E-state index is 11.8. The number of amides is 1. The van der Waals surface area contributed by atoms with Gasteiger partial charge in [-0.1, -0.05) is 20.3 Å². The van der Waals surface area contributed by atoms with E-state index in [1.165, 1.54) is 0 Å². The summed E-state index contributed by atoms with van der Waals surface area (Å²) in [6, 6.07) is -0.433. The molecular formula is C12H22N4O. The Labute approximate surface area is 102 Å². The minimum absolute atomic E-state index is 0.0948. The van der Waals surface area contributed by atoms with Crippen LogP contribution in [0.4, 0.5) is 0 Å². The van der Waals surface area contributed by atoms with Crippen molar-refractivity contribution < 1.29 is 4.79 Å². The maximum absolute atomic E-state index is 11.8. The SMILES string of the molecule is CCC(C)[C@H](N)C(=O)NCc1cnn(C)c1C. The van der Waals surface area contributed by atoms with Gasteiger partial charge in [0.15, 0.2) is 0 Å². The zero-order valence-electron chi connectivity index (χ0n) is 11.0. The second-order valence-corrected chi connectivity index (χ2v) is 4.51. The van der Waals surface area contributed by atoms with E-state index < -0.39 is 6.04 Å². The molecule has 0 spiro atoms. The van der Waals surface area contributed by atoms with Crippen LogP contribution in [0.1, 0.15) is 31.5 Å². The van der Waals surface area contributed by atoms with Crippen LogP contribution in [0.15, 0.2) is 6.20 Å². The Morgan fingerprint density at radius 2 is 2.29 bits per heavy atom. The summed E-state index contributed by atoms with van der Waals surface area (Å²) in [6.45, 7) is 6.48. The van der Waals surface area contributed by atoms with Crippen molar-refractivity contribution in [1.82, 2.24) is 15.1 Å². The Morgan fingerprint density at radius 3 is 2.76 bits per heavy atom. The number of hydrogen-bond acceptors (Lipinski definition) is 3. The number of nitrogens with two attached hydrogens (primary N) is 1. The molecule has 96 valence electrons. The van der Waals surface area contributed by atoms with Crippen LogP contribution in [0.5, 0.6) is 0 Å². The van der Waals surface area contributed by atoms with E-state index in [1.807, 2.05) is 27.8 Å². The van der Waals surface area contributed by atoms with Crippen molar-refractivity contribution in [2.45, 2.75) is 39.8 Å². The molecule has 0 fully saturated rings. The van der Waals surface area contributed by atoms with Gasteiger partial charge < -0.3 is 11.1 Å². The summed E-state index contributed by atoms with van der Waals surface area (Å²) in [5, 5.41) is 6.98. The highest BCUT2D eigenvalue weighted by molar-refractivity contribution is 5.81. The molecule has 5 nitrogen and oxygen atoms in total. The second kappa shape index (κ2) is 5.82. The van der Waals surface area contributed by atoms with Crippen LogP contribution in [-0.2, 0) is 18.4 Å². The van der Waals surface area contributed by atoms with Gasteiger partial charge in [-0.2, -0.15) is 5.10 Å². The quantitative estimate of drug-likeness (QED) is 0.794. The minimum Gasteiger partial charge on any atom is -0.351 e. The summed E-state index contributed by atoms with van der Waals surface area (Å²) in [7, 11) is 1.88. The molecule has 1 heterocycles. The molecular weight excluding hydrogens is 216 g/mol. The normalized spacial score (nSPS) is 14.4. The van der Waals surface area contributed by atoms with Gasteiger partial charge in [0, 0.05) is 24.8 Å². The van der Waals surface area contributed by atoms with E-state index in [0.717, 1.165) is 17.7 Å². The summed E-state index contributed by atoms with van der Waals surface area (Å²) in [5.74, 6) is 0.104. The van der Waals surface area contributed by atoms with Crippen molar-refractivity contribution in [1.29, 1.82) is 0 Å². The van der Waals surface area contributed by atoms with Crippen molar-refractivity contribution >= 4 is 5.91 Å². The Morgan fingerprint density at radius 1 is 1.65 bits per heavy atom. The average Bonchev–Trinajstić information content (AvgIpc) is 2.65. The molecule has 2 atom stereocenters. The van der Waals surface area contributed by atoms with Gasteiger partial charge in [-0.25, -0.2) is 0 Å². The van der Waals surface area contributed by atoms with Crippen LogP contribution in [0.25, 0.3) is 0 Å². The van der Waals surface area contributed by atoms with Crippen LogP contribution in [0.3, 0.4) is 0 Å². The van der Waals surface area contributed by atoms with E-state index in [1.54, 1.807) is 10.9 Å². The van der Waals surface area contributed by atoms with E-state index in [4.69, 9.17) is 5.73 Å². The number of aromatic nitrogens is 2. The van der Waals surface area contributed by atoms with Crippen LogP contribution in [0.2, 0.25) is 0 Å². The molecule has 0 aliphatic carbocycles. The summed E-state index contributed by atoms with van der Waals surface area (Å²) in [5.41, 5.74) is 7.93. The molecule has 0 aliphatic heterocycles. The van der Waals surface area contributed by atoms with Crippen molar-refractivity contribution in [3.05, 3.63) is 17.5 Å². The van der Waals surface area contributed by atoms with Gasteiger partial charge in [0.05, 0.1) is 12.2 Å². The van der Waals surface area contributed by atoms with Gasteiger partial charge in [0.2, 0.25) is 5.91 Å². The van der Waals surface area contributed by atoms with Crippen molar-refractivity contribution in [2.75, 3.05) is 0 Å². The van der Waals surface area contributed by atoms with Gasteiger partial charge in [0.25, 0.3) is 0 Å². The summed E-state index contributed by atoms with van der Waals surface area (Å²) in [4.78, 5) is 11.8. The van der Waals surface area contributed by atoms with Crippen molar-refractivity contribution in [3.8, 4) is 0 Å². The third-order valence-electron chi connectivity index (χ3n) is 3.35. The van der Waals surface area contributed by atoms with Crippen LogP contribution in [-0.4, -0.2) is 21.7 Å². The Bertz CT molecular complexity index is 386. The molecule has 1 unspecified atom stereocenters. The number of nitrogens with zero attached hydrogens (tertiary/aromatic N) is 2. The molecule has 5 heteroatoms. The highest BCUT2D eigenvalue weighted by Gasteiger charge is 2.19. The molecule has 1 aromatic heterocycles. The fourth-order valence-electron chi connectivity index (χ4n) is 1.53. The zero-order valence-corrected chi connectivity index (χ0v) is 11.0. The molecule has 0 aromatic carbocycles. The lowest BCUT2D eigenvalue weighted by Crippen LogP contribution is -2.44. The molecule has 0 radical (unpaired) electrons. The molecule has 1 aromatic rings. The van der Waals surface area contributed by atoms with Gasteiger partial charge in [-0.05, 0) is 12.8 Å². The van der Waals surface area contributed by atoms with Gasteiger partial charge in [-0.15, -0.1) is 0 Å². The molecule has 0 aliphatic rings. The number of aryl methyl sites for hydroxylation is 1. The predicted octanol–water partition coefficient (Wildman–Crippen LogP) is 0.718. The van der Waals surface area contributed by atoms with E-state index in [0.29, 0.717) is 6.54 Å². The lowest BCUT2D eigenvalue weighted by atomic mass is 9.99. The predicted molar refractivity (Wildman–Crippen MR) is 67.2 cm³/mol. The fourth-order valence-corrected chi connectivity index (χ4v) is 1.53. The molecule has 1 rings (SSSR count). The van der Waals surface area contributed by atoms with Crippen LogP contribution >= 0.6 is 0 Å². The Hall–Kier alpha value is -1.36. The van der Waals surface area contributed by atoms with Crippen LogP contribution < -0.4 is 11.1 Å². The lowest BCUT2D eigenvalue weighted by molar-refractivity contribution is -0.123. The Kier molecular flexibility index (Phi) is 4.69. The topological polar surface area (TPSA) is 72.9 Å². The highest BCUT2D eigenvalue weighted by Crippen LogP contribution is 2.07. The summed E-state index contributed by atoms with van der Waals surface area (Å²) >= 11 is 0. The first kappa shape index (κ1) is 13.7. The average molecular weight is 238 g/mol. The number of rotatable bonds is 5. The molecule has 1 amide bonds. The van der Waals surface area contributed by atoms with Gasteiger partial charge in [-0.3, -0.25) is 9.48 Å². The van der Waals surface area contributed by atoms with E-state index >= 15 is 0 Å². The first-order chi connectivity index (χ1) is 7.97. The summed E-state index contributed by atoms with van der Waals surface area (Å²) < 4.78 is 1.79. The van der Waals surface area contributed by atoms with E-state index in [2.05, 4.69) is 10.4 Å². The van der Waals surface area contributed by atoms with Gasteiger partial charge in [0.1, 0.15) is 0 Å². The minimum atomic E-state index is -0.433. The van der Waals surface area contributed by atoms with Crippen LogP contribution in [0, 0.1) is 12.8 Å². The van der Waals surface area contributed by atoms with Gasteiger partial charge >= 0.3 is 0 Å². The number of carbonyl (C=O) groups excluding carboxylic acids is 1. The van der Waals surface area contributed by atoms with E-state index in [-0.39, 0.29) is 11.8 Å². The molecule has 0 bridgehead atoms. The first-order valence-corrected chi connectivity index (χ1v) is 5.98. The number of carbonyl (C=O) groups is 1. The molecule has 0 saturated carbocycles. The molecule has 17 heavy (non-hydrogen) atoms. The zero-order chi connectivity index (χ0) is 13.0. The smallest absolute Gasteiger partial charge is 0.237 e. The fraction of sp³-hybridized carbons (Fsp3) is 0.667. The summed E-state index contributed by atoms with van der Waals surface area (Å²) in [6.07, 6.45) is 2.67. The third kappa shape index (κ3) is 3.30. The largest absolute Gasteiger partial charge is 0.351 e. The second-order valence-electron chi connectivity index (χ2n) is 4.51. The number of hydrogen-bond donors (Lipinski definition) is 2. The number of nitrogens with one attached hydrogen (secondary N) is 1. The molecule has 3 N–H and O–H groups in total.